The summed E-state index contributed by atoms with van der Waals surface area (Å²) in [5, 5.41) is 0. The zero-order valence-electron chi connectivity index (χ0n) is 7.71. The lowest BCUT2D eigenvalue weighted by molar-refractivity contribution is -0.133. The fraction of sp³-hybridized carbons (Fsp3) is 0.667. The number of esters is 1. The van der Waals surface area contributed by atoms with Crippen LogP contribution in [0.25, 0.3) is 0 Å². The number of hydrogen-bond acceptors (Lipinski definition) is 4. The van der Waals surface area contributed by atoms with Gasteiger partial charge in [-0.1, -0.05) is 5.92 Å². The van der Waals surface area contributed by atoms with Crippen molar-refractivity contribution in [2.24, 2.45) is 0 Å². The molecule has 0 spiro atoms. The van der Waals surface area contributed by atoms with Gasteiger partial charge < -0.3 is 9.47 Å². The van der Waals surface area contributed by atoms with Gasteiger partial charge in [-0.15, -0.1) is 0 Å². The van der Waals surface area contributed by atoms with E-state index in [-0.39, 0.29) is 0 Å². The van der Waals surface area contributed by atoms with Crippen molar-refractivity contribution in [2.75, 3.05) is 40.0 Å². The molecule has 1 rings (SSSR count). The Morgan fingerprint density at radius 1 is 1.54 bits per heavy atom. The van der Waals surface area contributed by atoms with Gasteiger partial charge in [0.1, 0.15) is 0 Å². The summed E-state index contributed by atoms with van der Waals surface area (Å²) in [7, 11) is 1.33. The monoisotopic (exact) mass is 183 g/mol. The minimum absolute atomic E-state index is 0.478. The van der Waals surface area contributed by atoms with Crippen LogP contribution >= 0.6 is 0 Å². The molecule has 0 atom stereocenters. The minimum Gasteiger partial charge on any atom is -0.459 e. The number of hydrogen-bond donors (Lipinski definition) is 0. The average molecular weight is 183 g/mol. The number of nitrogens with zero attached hydrogens (tertiary/aromatic N) is 1. The Kier molecular flexibility index (Phi) is 4.30. The molecule has 1 aliphatic rings. The summed E-state index contributed by atoms with van der Waals surface area (Å²) >= 11 is 0. The molecule has 1 aliphatic heterocycles. The normalized spacial score (nSPS) is 17.3. The maximum absolute atomic E-state index is 10.6. The summed E-state index contributed by atoms with van der Waals surface area (Å²) in [6.07, 6.45) is 0. The van der Waals surface area contributed by atoms with Crippen molar-refractivity contribution < 1.29 is 14.3 Å². The lowest BCUT2D eigenvalue weighted by Crippen LogP contribution is -2.36. The van der Waals surface area contributed by atoms with Crippen LogP contribution in [-0.2, 0) is 14.3 Å². The second-order valence-corrected chi connectivity index (χ2v) is 2.68. The number of methoxy groups -OCH3 is 1. The highest BCUT2D eigenvalue weighted by atomic mass is 16.5. The van der Waals surface area contributed by atoms with E-state index in [2.05, 4.69) is 21.5 Å². The van der Waals surface area contributed by atoms with Crippen LogP contribution in [0.2, 0.25) is 0 Å². The molecule has 0 aliphatic carbocycles. The number of morpholine rings is 1. The average Bonchev–Trinajstić information content (AvgIpc) is 2.19. The molecular weight excluding hydrogens is 170 g/mol. The first kappa shape index (κ1) is 10.0. The van der Waals surface area contributed by atoms with E-state index >= 15 is 0 Å². The Bertz CT molecular complexity index is 223. The Labute approximate surface area is 77.8 Å². The summed E-state index contributed by atoms with van der Waals surface area (Å²) in [6.45, 7) is 3.88. The molecule has 0 aromatic carbocycles. The van der Waals surface area contributed by atoms with E-state index in [1.807, 2.05) is 0 Å². The van der Waals surface area contributed by atoms with Crippen molar-refractivity contribution in [1.29, 1.82) is 0 Å². The number of carbonyl (C=O) groups excluding carboxylic acids is 1. The Balaban J connectivity index is 2.22. The molecule has 0 radical (unpaired) electrons. The molecule has 1 fully saturated rings. The third-order valence-electron chi connectivity index (χ3n) is 1.78. The van der Waals surface area contributed by atoms with E-state index < -0.39 is 5.97 Å². The molecule has 0 bridgehead atoms. The molecule has 1 heterocycles. The minimum atomic E-state index is -0.478. The van der Waals surface area contributed by atoms with Crippen LogP contribution in [-0.4, -0.2) is 50.8 Å². The van der Waals surface area contributed by atoms with Crippen molar-refractivity contribution in [1.82, 2.24) is 4.90 Å². The summed E-state index contributed by atoms with van der Waals surface area (Å²) in [4.78, 5) is 12.8. The lowest BCUT2D eigenvalue weighted by Gasteiger charge is -2.24. The first-order valence-corrected chi connectivity index (χ1v) is 4.20. The Morgan fingerprint density at radius 3 is 2.85 bits per heavy atom. The topological polar surface area (TPSA) is 38.8 Å². The predicted molar refractivity (Wildman–Crippen MR) is 47.1 cm³/mol. The van der Waals surface area contributed by atoms with E-state index in [4.69, 9.17) is 4.74 Å². The van der Waals surface area contributed by atoms with Crippen molar-refractivity contribution in [3.05, 3.63) is 0 Å². The van der Waals surface area contributed by atoms with Gasteiger partial charge in [0.05, 0.1) is 26.9 Å². The Morgan fingerprint density at radius 2 is 2.23 bits per heavy atom. The maximum atomic E-state index is 10.6. The van der Waals surface area contributed by atoms with Gasteiger partial charge in [0.25, 0.3) is 0 Å². The largest absolute Gasteiger partial charge is 0.459 e. The third-order valence-corrected chi connectivity index (χ3v) is 1.78. The fourth-order valence-electron chi connectivity index (χ4n) is 1.03. The fourth-order valence-corrected chi connectivity index (χ4v) is 1.03. The van der Waals surface area contributed by atoms with Gasteiger partial charge in [0.15, 0.2) is 0 Å². The standard InChI is InChI=1S/C9H13NO3/c1-12-9(11)3-2-4-10-5-7-13-8-6-10/h4-8H2,1H3. The molecule has 72 valence electrons. The highest BCUT2D eigenvalue weighted by Gasteiger charge is 2.07. The second-order valence-electron chi connectivity index (χ2n) is 2.68. The quantitative estimate of drug-likeness (QED) is 0.312. The van der Waals surface area contributed by atoms with Crippen molar-refractivity contribution in [3.8, 4) is 11.8 Å². The number of carbonyl (C=O) groups is 1. The van der Waals surface area contributed by atoms with E-state index in [0.29, 0.717) is 6.54 Å². The van der Waals surface area contributed by atoms with E-state index in [1.54, 1.807) is 0 Å². The first-order valence-electron chi connectivity index (χ1n) is 4.20. The van der Waals surface area contributed by atoms with Gasteiger partial charge in [-0.2, -0.15) is 0 Å². The summed E-state index contributed by atoms with van der Waals surface area (Å²) in [6, 6.07) is 0. The summed E-state index contributed by atoms with van der Waals surface area (Å²) < 4.78 is 9.55. The van der Waals surface area contributed by atoms with E-state index in [9.17, 15) is 4.79 Å². The summed E-state index contributed by atoms with van der Waals surface area (Å²) in [5.41, 5.74) is 0. The number of rotatable bonds is 1. The van der Waals surface area contributed by atoms with Crippen molar-refractivity contribution in [2.45, 2.75) is 0 Å². The van der Waals surface area contributed by atoms with Crippen molar-refractivity contribution in [3.63, 3.8) is 0 Å². The van der Waals surface area contributed by atoms with Gasteiger partial charge >= 0.3 is 5.97 Å². The first-order chi connectivity index (χ1) is 6.33. The van der Waals surface area contributed by atoms with Crippen LogP contribution in [0.5, 0.6) is 0 Å². The van der Waals surface area contributed by atoms with E-state index in [1.165, 1.54) is 7.11 Å². The van der Waals surface area contributed by atoms with Gasteiger partial charge in [-0.3, -0.25) is 4.90 Å². The lowest BCUT2D eigenvalue weighted by atomic mass is 10.4. The van der Waals surface area contributed by atoms with Gasteiger partial charge in [0.2, 0.25) is 0 Å². The van der Waals surface area contributed by atoms with E-state index in [0.717, 1.165) is 26.3 Å². The van der Waals surface area contributed by atoms with Gasteiger partial charge in [0, 0.05) is 19.0 Å². The molecular formula is C9H13NO3. The molecule has 13 heavy (non-hydrogen) atoms. The molecule has 0 unspecified atom stereocenters. The molecule has 4 heteroatoms. The molecule has 4 nitrogen and oxygen atoms in total. The molecule has 0 N–H and O–H groups in total. The van der Waals surface area contributed by atoms with Gasteiger partial charge in [-0.05, 0) is 0 Å². The smallest absolute Gasteiger partial charge is 0.384 e. The van der Waals surface area contributed by atoms with Crippen LogP contribution in [0, 0.1) is 11.8 Å². The molecule has 0 saturated carbocycles. The van der Waals surface area contributed by atoms with Crippen LogP contribution in [0.3, 0.4) is 0 Å². The molecule has 0 aromatic rings. The van der Waals surface area contributed by atoms with Gasteiger partial charge in [-0.25, -0.2) is 4.79 Å². The highest BCUT2D eigenvalue weighted by Crippen LogP contribution is 1.94. The highest BCUT2D eigenvalue weighted by molar-refractivity contribution is 5.88. The maximum Gasteiger partial charge on any atom is 0.384 e. The van der Waals surface area contributed by atoms with Crippen molar-refractivity contribution >= 4 is 5.97 Å². The van der Waals surface area contributed by atoms with Crippen LogP contribution < -0.4 is 0 Å². The molecule has 0 aromatic heterocycles. The van der Waals surface area contributed by atoms with Crippen LogP contribution in [0.1, 0.15) is 0 Å². The summed E-state index contributed by atoms with van der Waals surface area (Å²) in [5.74, 6) is 4.66. The van der Waals surface area contributed by atoms with Crippen LogP contribution in [0.4, 0.5) is 0 Å². The predicted octanol–water partition coefficient (Wildman–Crippen LogP) is -0.505. The Hall–Kier alpha value is -1.05. The SMILES string of the molecule is COC(=O)C#CCN1CCOCC1. The second kappa shape index (κ2) is 5.57. The zero-order valence-corrected chi connectivity index (χ0v) is 7.71. The molecule has 1 saturated heterocycles. The molecule has 0 amide bonds. The zero-order chi connectivity index (χ0) is 9.52. The van der Waals surface area contributed by atoms with Crippen LogP contribution in [0.15, 0.2) is 0 Å². The number of ether oxygens (including phenoxy) is 2. The third kappa shape index (κ3) is 3.92.